The number of fused-ring (bicyclic) bond motifs is 2. The van der Waals surface area contributed by atoms with Gasteiger partial charge in [0.05, 0.1) is 43.2 Å². The Labute approximate surface area is 323 Å². The Hall–Kier alpha value is -3.23. The molecule has 8 rings (SSSR count). The van der Waals surface area contributed by atoms with Crippen LogP contribution >= 0.6 is 0 Å². The van der Waals surface area contributed by atoms with Gasteiger partial charge in [-0.05, 0) is 31.9 Å². The van der Waals surface area contributed by atoms with Gasteiger partial charge in [-0.3, -0.25) is 0 Å². The van der Waals surface area contributed by atoms with Crippen molar-refractivity contribution in [2.75, 3.05) is 13.2 Å². The maximum atomic E-state index is 13.4. The first-order chi connectivity index (χ1) is 26.7. The number of rotatable bonds is 8. The van der Waals surface area contributed by atoms with E-state index in [1.54, 1.807) is 12.1 Å². The lowest BCUT2D eigenvalue weighted by atomic mass is 9.83. The molecular weight excluding hydrogens is 704 g/mol. The first kappa shape index (κ1) is 38.6. The number of carbonyl (C=O) groups excluding carboxylic acids is 1. The van der Waals surface area contributed by atoms with Gasteiger partial charge in [0.15, 0.2) is 31.3 Å². The van der Waals surface area contributed by atoms with E-state index in [4.69, 9.17) is 47.4 Å². The fourth-order valence-electron chi connectivity index (χ4n) is 8.57. The van der Waals surface area contributed by atoms with Gasteiger partial charge in [-0.15, -0.1) is 0 Å². The number of ether oxygens (including phenoxy) is 10. The van der Waals surface area contributed by atoms with Gasteiger partial charge in [-0.1, -0.05) is 107 Å². The van der Waals surface area contributed by atoms with Crippen LogP contribution < -0.4 is 0 Å². The first-order valence-electron chi connectivity index (χ1n) is 19.8. The molecule has 5 saturated heterocycles. The number of benzene rings is 3. The van der Waals surface area contributed by atoms with Gasteiger partial charge in [0.25, 0.3) is 0 Å². The van der Waals surface area contributed by atoms with Crippen molar-refractivity contribution in [3.8, 4) is 0 Å². The van der Waals surface area contributed by atoms with Crippen LogP contribution in [-0.4, -0.2) is 86.7 Å². The largest absolute Gasteiger partial charge is 0.453 e. The minimum Gasteiger partial charge on any atom is -0.453 e. The zero-order valence-corrected chi connectivity index (χ0v) is 32.4. The summed E-state index contributed by atoms with van der Waals surface area (Å²) < 4.78 is 65.6. The molecule has 0 radical (unpaired) electrons. The molecule has 0 saturated carbocycles. The van der Waals surface area contributed by atoms with E-state index in [1.165, 1.54) is 0 Å². The average Bonchev–Trinajstić information content (AvgIpc) is 3.22. The van der Waals surface area contributed by atoms with Crippen LogP contribution in [0.2, 0.25) is 0 Å². The van der Waals surface area contributed by atoms with Crippen molar-refractivity contribution in [3.05, 3.63) is 108 Å². The summed E-state index contributed by atoms with van der Waals surface area (Å²) in [6, 6.07) is 28.9. The van der Waals surface area contributed by atoms with E-state index in [0.717, 1.165) is 11.1 Å². The summed E-state index contributed by atoms with van der Waals surface area (Å²) in [5, 5.41) is 0. The molecule has 0 aliphatic carbocycles. The van der Waals surface area contributed by atoms with E-state index in [-0.39, 0.29) is 48.6 Å². The lowest BCUT2D eigenvalue weighted by Gasteiger charge is -2.53. The molecule has 5 aliphatic rings. The van der Waals surface area contributed by atoms with Crippen LogP contribution in [0.25, 0.3) is 0 Å². The van der Waals surface area contributed by atoms with Gasteiger partial charge >= 0.3 is 5.97 Å². The van der Waals surface area contributed by atoms with Gasteiger partial charge in [-0.25, -0.2) is 4.79 Å². The molecule has 296 valence electrons. The van der Waals surface area contributed by atoms with Crippen LogP contribution in [-0.2, 0) is 47.4 Å². The molecule has 3 aromatic rings. The molecule has 5 fully saturated rings. The molecular formula is C44H54O11. The molecule has 0 aromatic heterocycles. The zero-order chi connectivity index (χ0) is 38.2. The van der Waals surface area contributed by atoms with E-state index in [9.17, 15) is 4.79 Å². The molecule has 0 amide bonds. The average molecular weight is 759 g/mol. The maximum absolute atomic E-state index is 13.4. The zero-order valence-electron chi connectivity index (χ0n) is 32.4. The van der Waals surface area contributed by atoms with Crippen LogP contribution in [0, 0.1) is 23.7 Å². The first-order valence-corrected chi connectivity index (χ1v) is 19.8. The molecule has 3 aromatic carbocycles. The summed E-state index contributed by atoms with van der Waals surface area (Å²) in [5.41, 5.74) is 2.36. The van der Waals surface area contributed by atoms with Crippen molar-refractivity contribution in [2.45, 2.75) is 122 Å². The fraction of sp³-hybridized carbons (Fsp3) is 0.568. The van der Waals surface area contributed by atoms with Crippen LogP contribution in [0.3, 0.4) is 0 Å². The number of hydrogen-bond donors (Lipinski definition) is 0. The third-order valence-electron chi connectivity index (χ3n) is 12.2. The summed E-state index contributed by atoms with van der Waals surface area (Å²) in [5.74, 6) is -0.794. The standard InChI is InChI=1S/C44H54O11/c1-24-25(2)41(49-33-22-46-43(52-35(24)33)31-18-12-8-13-19-31)54-37-27(4)42(50-34-23-47-44(55-39(34)37)32-20-14-9-15-21-32)53-36-26(3)28(5)48-29(6)38(36)51-40(45)30-16-10-7-11-17-30/h7-21,24-29,33-39,41-44H,22-23H2,1-6H3/t24-,25?,26+,27?,28?,29+,33?,34?,35+,36+,37-,38?,39-,41+,42+,43?,44?/m1/s1. The van der Waals surface area contributed by atoms with Crippen molar-refractivity contribution in [3.63, 3.8) is 0 Å². The number of hydrogen-bond acceptors (Lipinski definition) is 11. The van der Waals surface area contributed by atoms with Gasteiger partial charge in [0.1, 0.15) is 24.4 Å². The van der Waals surface area contributed by atoms with E-state index >= 15 is 0 Å². The lowest BCUT2D eigenvalue weighted by Crippen LogP contribution is -2.64. The monoisotopic (exact) mass is 758 g/mol. The molecule has 0 N–H and O–H groups in total. The number of esters is 1. The second-order valence-corrected chi connectivity index (χ2v) is 15.9. The quantitative estimate of drug-likeness (QED) is 0.221. The Morgan fingerprint density at radius 3 is 1.62 bits per heavy atom. The van der Waals surface area contributed by atoms with Gasteiger partial charge < -0.3 is 47.4 Å². The van der Waals surface area contributed by atoms with Gasteiger partial charge in [0.2, 0.25) is 0 Å². The smallest absolute Gasteiger partial charge is 0.338 e. The van der Waals surface area contributed by atoms with Gasteiger partial charge in [-0.2, -0.15) is 0 Å². The van der Waals surface area contributed by atoms with E-state index in [1.807, 2.05) is 92.7 Å². The topological polar surface area (TPSA) is 109 Å². The highest BCUT2D eigenvalue weighted by Crippen LogP contribution is 2.44. The normalized spacial score (nSPS) is 41.7. The number of carbonyl (C=O) groups is 1. The third-order valence-corrected chi connectivity index (χ3v) is 12.2. The summed E-state index contributed by atoms with van der Waals surface area (Å²) >= 11 is 0. The minimum atomic E-state index is -0.744. The fourth-order valence-corrected chi connectivity index (χ4v) is 8.57. The van der Waals surface area contributed by atoms with E-state index in [2.05, 4.69) is 27.7 Å². The molecule has 0 bridgehead atoms. The minimum absolute atomic E-state index is 0.0209. The van der Waals surface area contributed by atoms with E-state index in [0.29, 0.717) is 12.2 Å². The summed E-state index contributed by atoms with van der Waals surface area (Å²) in [7, 11) is 0. The third kappa shape index (κ3) is 8.01. The second-order valence-electron chi connectivity index (χ2n) is 15.9. The molecule has 8 unspecified atom stereocenters. The van der Waals surface area contributed by atoms with Crippen molar-refractivity contribution >= 4 is 5.97 Å². The Kier molecular flexibility index (Phi) is 11.7. The van der Waals surface area contributed by atoms with Crippen LogP contribution in [0.15, 0.2) is 91.0 Å². The lowest BCUT2D eigenvalue weighted by molar-refractivity contribution is -0.397. The predicted molar refractivity (Wildman–Crippen MR) is 199 cm³/mol. The van der Waals surface area contributed by atoms with Crippen molar-refractivity contribution in [1.29, 1.82) is 0 Å². The predicted octanol–water partition coefficient (Wildman–Crippen LogP) is 7.01. The maximum Gasteiger partial charge on any atom is 0.338 e. The van der Waals surface area contributed by atoms with E-state index < -0.39 is 67.8 Å². The van der Waals surface area contributed by atoms with Crippen LogP contribution in [0.1, 0.15) is 75.6 Å². The molecule has 5 aliphatic heterocycles. The highest BCUT2D eigenvalue weighted by Gasteiger charge is 2.55. The van der Waals surface area contributed by atoms with Crippen LogP contribution in [0.4, 0.5) is 0 Å². The Balaban J connectivity index is 1.03. The Morgan fingerprint density at radius 1 is 0.509 bits per heavy atom. The summed E-state index contributed by atoms with van der Waals surface area (Å²) in [6.07, 6.45) is -6.12. The summed E-state index contributed by atoms with van der Waals surface area (Å²) in [4.78, 5) is 13.4. The van der Waals surface area contributed by atoms with Crippen molar-refractivity contribution in [2.24, 2.45) is 23.7 Å². The van der Waals surface area contributed by atoms with Crippen LogP contribution in [0.5, 0.6) is 0 Å². The highest BCUT2D eigenvalue weighted by molar-refractivity contribution is 5.89. The van der Waals surface area contributed by atoms with Crippen molar-refractivity contribution in [1.82, 2.24) is 0 Å². The molecule has 11 nitrogen and oxygen atoms in total. The SMILES string of the molecule is CC1[C@H](O[C@@H]2C(C)[C@H](O[C@@H]3C(OC(=O)c4ccccc4)[C@H](C)OC(C)[C@@H]3C)OC3COC(c4ccccc4)O[C@H]32)OC2COC(c3ccccc3)O[C@H]2[C@@H]1C. The molecule has 5 heterocycles. The Morgan fingerprint density at radius 2 is 1.02 bits per heavy atom. The molecule has 0 spiro atoms. The Bertz CT molecular complexity index is 1690. The summed E-state index contributed by atoms with van der Waals surface area (Å²) in [6.45, 7) is 13.0. The molecule has 17 atom stereocenters. The van der Waals surface area contributed by atoms with Gasteiger partial charge in [0, 0.05) is 28.9 Å². The highest BCUT2D eigenvalue weighted by atomic mass is 16.8. The second kappa shape index (κ2) is 16.7. The van der Waals surface area contributed by atoms with Crippen molar-refractivity contribution < 1.29 is 52.2 Å². The molecule has 55 heavy (non-hydrogen) atoms. The molecule has 11 heteroatoms.